The molecule has 1 aliphatic rings. The highest BCUT2D eigenvalue weighted by atomic mass is 32.2. The number of hydrogen-bond acceptors (Lipinski definition) is 3. The van der Waals surface area contributed by atoms with Gasteiger partial charge in [0.15, 0.2) is 5.78 Å². The molecule has 1 heterocycles. The highest BCUT2D eigenvalue weighted by Gasteiger charge is 2.24. The third-order valence-electron chi connectivity index (χ3n) is 2.86. The second-order valence-corrected chi connectivity index (χ2v) is 4.90. The number of rotatable bonds is 3. The van der Waals surface area contributed by atoms with E-state index in [2.05, 4.69) is 0 Å². The molecule has 90 valence electrons. The minimum Gasteiger partial charge on any atom is -0.311 e. The Morgan fingerprint density at radius 2 is 2.18 bits per heavy atom. The Bertz CT molecular complexity index is 470. The molecule has 0 aliphatic carbocycles. The van der Waals surface area contributed by atoms with E-state index in [1.54, 1.807) is 16.7 Å². The van der Waals surface area contributed by atoms with Gasteiger partial charge in [-0.2, -0.15) is 0 Å². The number of nitrogens with zero attached hydrogens (tertiary/aromatic N) is 1. The van der Waals surface area contributed by atoms with E-state index in [9.17, 15) is 9.59 Å². The third-order valence-corrected chi connectivity index (χ3v) is 3.91. The second kappa shape index (κ2) is 4.92. The van der Waals surface area contributed by atoms with Crippen molar-refractivity contribution in [1.29, 1.82) is 0 Å². The molecule has 0 fully saturated rings. The van der Waals surface area contributed by atoms with Crippen LogP contribution < -0.4 is 4.90 Å². The number of Topliss-reactive ketones (excluding diaryl/α,β-unsaturated/α-hetero) is 1. The van der Waals surface area contributed by atoms with Crippen LogP contribution in [0, 0.1) is 0 Å². The molecule has 0 saturated carbocycles. The maximum absolute atomic E-state index is 11.8. The van der Waals surface area contributed by atoms with Crippen LogP contribution in [0.25, 0.3) is 0 Å². The van der Waals surface area contributed by atoms with Gasteiger partial charge in [0, 0.05) is 23.4 Å². The van der Waals surface area contributed by atoms with E-state index in [-0.39, 0.29) is 11.7 Å². The quantitative estimate of drug-likeness (QED) is 0.773. The highest BCUT2D eigenvalue weighted by Crippen LogP contribution is 2.35. The van der Waals surface area contributed by atoms with Crippen molar-refractivity contribution in [2.75, 3.05) is 17.2 Å². The van der Waals surface area contributed by atoms with Crippen LogP contribution in [0.4, 0.5) is 5.69 Å². The average molecular weight is 249 g/mol. The third kappa shape index (κ3) is 2.22. The Labute approximate surface area is 105 Å². The number of benzene rings is 1. The van der Waals surface area contributed by atoms with Crippen LogP contribution in [0.2, 0.25) is 0 Å². The first-order chi connectivity index (χ1) is 8.17. The molecule has 0 spiro atoms. The van der Waals surface area contributed by atoms with E-state index >= 15 is 0 Å². The van der Waals surface area contributed by atoms with Crippen LogP contribution in [0.1, 0.15) is 30.6 Å². The SMILES string of the molecule is CCC(=O)c1ccc2c(c1)N(CC)C(=O)CS2. The lowest BCUT2D eigenvalue weighted by molar-refractivity contribution is -0.116. The summed E-state index contributed by atoms with van der Waals surface area (Å²) in [6, 6.07) is 5.63. The van der Waals surface area contributed by atoms with Crippen molar-refractivity contribution in [2.45, 2.75) is 25.2 Å². The van der Waals surface area contributed by atoms with Gasteiger partial charge in [0.05, 0.1) is 11.4 Å². The molecule has 4 heteroatoms. The number of thioether (sulfide) groups is 1. The fraction of sp³-hybridized carbons (Fsp3) is 0.385. The van der Waals surface area contributed by atoms with Gasteiger partial charge in [-0.1, -0.05) is 13.0 Å². The molecule has 1 amide bonds. The van der Waals surface area contributed by atoms with Crippen LogP contribution in [0.15, 0.2) is 23.1 Å². The van der Waals surface area contributed by atoms with E-state index in [0.29, 0.717) is 24.3 Å². The van der Waals surface area contributed by atoms with E-state index in [0.717, 1.165) is 10.6 Å². The van der Waals surface area contributed by atoms with Crippen LogP contribution in [0.5, 0.6) is 0 Å². The number of carbonyl (C=O) groups excluding carboxylic acids is 2. The van der Waals surface area contributed by atoms with Crippen molar-refractivity contribution in [3.05, 3.63) is 23.8 Å². The zero-order valence-electron chi connectivity index (χ0n) is 10.0. The van der Waals surface area contributed by atoms with Gasteiger partial charge in [-0.25, -0.2) is 0 Å². The summed E-state index contributed by atoms with van der Waals surface area (Å²) >= 11 is 1.54. The van der Waals surface area contributed by atoms with Gasteiger partial charge in [0.2, 0.25) is 5.91 Å². The first-order valence-corrected chi connectivity index (χ1v) is 6.76. The van der Waals surface area contributed by atoms with Crippen molar-refractivity contribution in [2.24, 2.45) is 0 Å². The predicted molar refractivity (Wildman–Crippen MR) is 69.8 cm³/mol. The molecular formula is C13H15NO2S. The smallest absolute Gasteiger partial charge is 0.237 e. The molecular weight excluding hydrogens is 234 g/mol. The molecule has 1 aliphatic heterocycles. The number of fused-ring (bicyclic) bond motifs is 1. The molecule has 17 heavy (non-hydrogen) atoms. The largest absolute Gasteiger partial charge is 0.311 e. The highest BCUT2D eigenvalue weighted by molar-refractivity contribution is 8.00. The molecule has 0 atom stereocenters. The van der Waals surface area contributed by atoms with Gasteiger partial charge in [-0.05, 0) is 19.1 Å². The summed E-state index contributed by atoms with van der Waals surface area (Å²) in [5.41, 5.74) is 1.58. The van der Waals surface area contributed by atoms with E-state index in [1.165, 1.54) is 0 Å². The van der Waals surface area contributed by atoms with Crippen molar-refractivity contribution in [3.63, 3.8) is 0 Å². The standard InChI is InChI=1S/C13H15NO2S/c1-3-11(15)9-5-6-12-10(7-9)14(4-2)13(16)8-17-12/h5-7H,3-4,8H2,1-2H3. The van der Waals surface area contributed by atoms with Gasteiger partial charge in [-0.3, -0.25) is 9.59 Å². The van der Waals surface area contributed by atoms with Crippen molar-refractivity contribution in [3.8, 4) is 0 Å². The summed E-state index contributed by atoms with van der Waals surface area (Å²) in [5, 5.41) is 0. The minimum absolute atomic E-state index is 0.117. The van der Waals surface area contributed by atoms with Crippen molar-refractivity contribution >= 4 is 29.1 Å². The van der Waals surface area contributed by atoms with Gasteiger partial charge in [0.25, 0.3) is 0 Å². The van der Waals surface area contributed by atoms with Gasteiger partial charge < -0.3 is 4.90 Å². The summed E-state index contributed by atoms with van der Waals surface area (Å²) in [6.07, 6.45) is 0.492. The Balaban J connectivity index is 2.45. The normalized spacial score (nSPS) is 14.7. The summed E-state index contributed by atoms with van der Waals surface area (Å²) in [6.45, 7) is 4.45. The number of hydrogen-bond donors (Lipinski definition) is 0. The zero-order valence-corrected chi connectivity index (χ0v) is 10.8. The first-order valence-electron chi connectivity index (χ1n) is 5.77. The lowest BCUT2D eigenvalue weighted by Crippen LogP contribution is -2.35. The molecule has 0 aromatic heterocycles. The Hall–Kier alpha value is -1.29. The average Bonchev–Trinajstić information content (AvgIpc) is 2.37. The zero-order chi connectivity index (χ0) is 12.4. The molecule has 0 saturated heterocycles. The minimum atomic E-state index is 0.117. The number of ketones is 1. The topological polar surface area (TPSA) is 37.4 Å². The molecule has 1 aromatic rings. The van der Waals surface area contributed by atoms with Crippen molar-refractivity contribution in [1.82, 2.24) is 0 Å². The monoisotopic (exact) mass is 249 g/mol. The van der Waals surface area contributed by atoms with Crippen LogP contribution in [0.3, 0.4) is 0 Å². The van der Waals surface area contributed by atoms with Gasteiger partial charge in [0.1, 0.15) is 0 Å². The van der Waals surface area contributed by atoms with Crippen LogP contribution >= 0.6 is 11.8 Å². The van der Waals surface area contributed by atoms with E-state index in [1.807, 2.05) is 32.0 Å². The van der Waals surface area contributed by atoms with Crippen molar-refractivity contribution < 1.29 is 9.59 Å². The second-order valence-electron chi connectivity index (χ2n) is 3.89. The molecule has 2 rings (SSSR count). The fourth-order valence-corrected chi connectivity index (χ4v) is 2.84. The molecule has 0 radical (unpaired) electrons. The van der Waals surface area contributed by atoms with Crippen LogP contribution in [-0.2, 0) is 4.79 Å². The number of anilines is 1. The van der Waals surface area contributed by atoms with Gasteiger partial charge >= 0.3 is 0 Å². The Morgan fingerprint density at radius 3 is 2.82 bits per heavy atom. The van der Waals surface area contributed by atoms with Gasteiger partial charge in [-0.15, -0.1) is 11.8 Å². The Kier molecular flexibility index (Phi) is 3.52. The Morgan fingerprint density at radius 1 is 1.41 bits per heavy atom. The molecule has 0 N–H and O–H groups in total. The molecule has 0 unspecified atom stereocenters. The summed E-state index contributed by atoms with van der Waals surface area (Å²) < 4.78 is 0. The molecule has 3 nitrogen and oxygen atoms in total. The summed E-state index contributed by atoms with van der Waals surface area (Å²) in [7, 11) is 0. The van der Waals surface area contributed by atoms with E-state index in [4.69, 9.17) is 0 Å². The lowest BCUT2D eigenvalue weighted by atomic mass is 10.1. The maximum Gasteiger partial charge on any atom is 0.237 e. The summed E-state index contributed by atoms with van der Waals surface area (Å²) in [4.78, 5) is 26.3. The molecule has 1 aromatic carbocycles. The maximum atomic E-state index is 11.8. The summed E-state index contributed by atoms with van der Waals surface area (Å²) in [5.74, 6) is 0.722. The first kappa shape index (κ1) is 12.2. The van der Waals surface area contributed by atoms with Crippen LogP contribution in [-0.4, -0.2) is 24.0 Å². The predicted octanol–water partition coefficient (Wildman–Crippen LogP) is 2.74. The molecule has 0 bridgehead atoms. The lowest BCUT2D eigenvalue weighted by Gasteiger charge is -2.28. The fourth-order valence-electron chi connectivity index (χ4n) is 1.93. The van der Waals surface area contributed by atoms with E-state index < -0.39 is 0 Å². The number of carbonyl (C=O) groups is 2. The number of amides is 1.